The van der Waals surface area contributed by atoms with Gasteiger partial charge in [0.15, 0.2) is 0 Å². The Bertz CT molecular complexity index is 704. The number of likely N-dealkylation sites (tertiary alicyclic amines) is 1. The number of aliphatic imine (C=N–C) groups is 1. The molecule has 1 atom stereocenters. The molecule has 3 N–H and O–H groups in total. The molecule has 2 heterocycles. The van der Waals surface area contributed by atoms with Crippen LogP contribution >= 0.6 is 11.6 Å². The second-order valence-corrected chi connectivity index (χ2v) is 9.53. The summed E-state index contributed by atoms with van der Waals surface area (Å²) < 4.78 is 5.20. The van der Waals surface area contributed by atoms with E-state index in [0.29, 0.717) is 41.1 Å². The molecule has 0 aromatic carbocycles. The highest BCUT2D eigenvalue weighted by Crippen LogP contribution is 2.21. The monoisotopic (exact) mass is 423 g/mol. The molecule has 1 aliphatic rings. The van der Waals surface area contributed by atoms with E-state index in [2.05, 4.69) is 41.1 Å². The lowest BCUT2D eigenvalue weighted by Crippen LogP contribution is -2.42. The van der Waals surface area contributed by atoms with Crippen molar-refractivity contribution < 1.29 is 4.52 Å². The Morgan fingerprint density at radius 1 is 1.41 bits per heavy atom. The quantitative estimate of drug-likeness (QED) is 0.613. The summed E-state index contributed by atoms with van der Waals surface area (Å²) in [6.45, 7) is 15.0. The average molecular weight is 424 g/mol. The van der Waals surface area contributed by atoms with Crippen molar-refractivity contribution in [3.8, 4) is 0 Å². The molecular formula is C22H38ClN5O. The van der Waals surface area contributed by atoms with Gasteiger partial charge in [-0.25, -0.2) is 0 Å². The number of nitrogens with one attached hydrogen (secondary N) is 1. The van der Waals surface area contributed by atoms with Crippen LogP contribution in [0.25, 0.3) is 5.70 Å². The van der Waals surface area contributed by atoms with E-state index in [1.807, 2.05) is 19.9 Å². The van der Waals surface area contributed by atoms with Crippen LogP contribution in [-0.4, -0.2) is 54.0 Å². The number of nitrogens with zero attached hydrogens (tertiary/aromatic N) is 3. The Kier molecular flexibility index (Phi) is 9.18. The zero-order valence-corrected chi connectivity index (χ0v) is 19.5. The van der Waals surface area contributed by atoms with E-state index in [-0.39, 0.29) is 0 Å². The molecule has 164 valence electrons. The van der Waals surface area contributed by atoms with Gasteiger partial charge in [-0.3, -0.25) is 9.89 Å². The molecule has 6 nitrogen and oxygen atoms in total. The van der Waals surface area contributed by atoms with Crippen molar-refractivity contribution in [1.29, 1.82) is 0 Å². The van der Waals surface area contributed by atoms with Crippen molar-refractivity contribution >= 4 is 22.5 Å². The lowest BCUT2D eigenvalue weighted by Gasteiger charge is -2.27. The second-order valence-electron chi connectivity index (χ2n) is 9.17. The number of hydrogen-bond donors (Lipinski definition) is 2. The molecule has 1 aromatic heterocycles. The normalized spacial score (nSPS) is 20.5. The fourth-order valence-electron chi connectivity index (χ4n) is 3.55. The minimum atomic E-state index is 0.349. The van der Waals surface area contributed by atoms with Gasteiger partial charge in [0, 0.05) is 37.3 Å². The zero-order chi connectivity index (χ0) is 21.4. The van der Waals surface area contributed by atoms with Crippen molar-refractivity contribution in [3.05, 3.63) is 23.1 Å². The van der Waals surface area contributed by atoms with Gasteiger partial charge in [0.2, 0.25) is 0 Å². The van der Waals surface area contributed by atoms with Crippen molar-refractivity contribution in [1.82, 2.24) is 15.4 Å². The SMILES string of the molecule is CCN=C(Cl)/C(CN1CCCCC(NCCC(C)(C)C)C1)=C(\N)c1cc(C)on1. The highest BCUT2D eigenvalue weighted by Gasteiger charge is 2.22. The van der Waals surface area contributed by atoms with Crippen LogP contribution in [0.2, 0.25) is 0 Å². The summed E-state index contributed by atoms with van der Waals surface area (Å²) >= 11 is 6.54. The van der Waals surface area contributed by atoms with Crippen LogP contribution in [0.1, 0.15) is 64.8 Å². The molecule has 0 spiro atoms. The number of halogens is 1. The third-order valence-corrected chi connectivity index (χ3v) is 5.57. The second kappa shape index (κ2) is 11.1. The van der Waals surface area contributed by atoms with Crippen LogP contribution in [0.5, 0.6) is 0 Å². The Balaban J connectivity index is 2.13. The van der Waals surface area contributed by atoms with Crippen LogP contribution in [0.3, 0.4) is 0 Å². The lowest BCUT2D eigenvalue weighted by atomic mass is 9.92. The van der Waals surface area contributed by atoms with Gasteiger partial charge in [0.05, 0.1) is 5.70 Å². The van der Waals surface area contributed by atoms with Crippen LogP contribution in [0.15, 0.2) is 21.2 Å². The number of aromatic nitrogens is 1. The fraction of sp³-hybridized carbons (Fsp3) is 0.727. The van der Waals surface area contributed by atoms with Crippen molar-refractivity contribution in [2.24, 2.45) is 16.1 Å². The average Bonchev–Trinajstić information content (AvgIpc) is 2.94. The lowest BCUT2D eigenvalue weighted by molar-refractivity contribution is 0.272. The Hall–Kier alpha value is -1.37. The number of rotatable bonds is 8. The van der Waals surface area contributed by atoms with E-state index in [4.69, 9.17) is 21.9 Å². The molecule has 1 aromatic rings. The molecule has 1 saturated heterocycles. The van der Waals surface area contributed by atoms with Crippen LogP contribution in [0, 0.1) is 12.3 Å². The van der Waals surface area contributed by atoms with Gasteiger partial charge >= 0.3 is 0 Å². The van der Waals surface area contributed by atoms with Gasteiger partial charge in [-0.15, -0.1) is 0 Å². The van der Waals surface area contributed by atoms with Crippen LogP contribution < -0.4 is 11.1 Å². The number of aryl methyl sites for hydroxylation is 1. The first-order valence-corrected chi connectivity index (χ1v) is 11.2. The van der Waals surface area contributed by atoms with Crippen LogP contribution in [-0.2, 0) is 0 Å². The van der Waals surface area contributed by atoms with E-state index >= 15 is 0 Å². The number of hydrogen-bond acceptors (Lipinski definition) is 6. The molecule has 1 aliphatic heterocycles. The molecule has 0 bridgehead atoms. The molecule has 1 fully saturated rings. The third kappa shape index (κ3) is 8.11. The third-order valence-electron chi connectivity index (χ3n) is 5.22. The molecule has 0 aliphatic carbocycles. The van der Waals surface area contributed by atoms with Crippen molar-refractivity contribution in [3.63, 3.8) is 0 Å². The Morgan fingerprint density at radius 2 is 2.17 bits per heavy atom. The van der Waals surface area contributed by atoms with Gasteiger partial charge in [-0.2, -0.15) is 0 Å². The zero-order valence-electron chi connectivity index (χ0n) is 18.7. The first-order chi connectivity index (χ1) is 13.7. The Morgan fingerprint density at radius 3 is 2.79 bits per heavy atom. The van der Waals surface area contributed by atoms with E-state index < -0.39 is 0 Å². The molecule has 0 amide bonds. The van der Waals surface area contributed by atoms with Gasteiger partial charge in [0.25, 0.3) is 0 Å². The largest absolute Gasteiger partial charge is 0.397 e. The molecule has 2 rings (SSSR count). The van der Waals surface area contributed by atoms with E-state index in [9.17, 15) is 0 Å². The van der Waals surface area contributed by atoms with Crippen molar-refractivity contribution in [2.75, 3.05) is 32.7 Å². The molecule has 7 heteroatoms. The molecule has 1 unspecified atom stereocenters. The maximum Gasteiger partial charge on any atom is 0.134 e. The van der Waals surface area contributed by atoms with Gasteiger partial charge in [-0.05, 0) is 51.6 Å². The van der Waals surface area contributed by atoms with E-state index in [0.717, 1.165) is 31.0 Å². The summed E-state index contributed by atoms with van der Waals surface area (Å²) in [4.78, 5) is 6.84. The number of nitrogens with two attached hydrogens (primary N) is 1. The smallest absolute Gasteiger partial charge is 0.134 e. The Labute approximate surface area is 180 Å². The first-order valence-electron chi connectivity index (χ1n) is 10.8. The first kappa shape index (κ1) is 23.9. The molecular weight excluding hydrogens is 386 g/mol. The van der Waals surface area contributed by atoms with E-state index in [1.54, 1.807) is 0 Å². The molecule has 0 radical (unpaired) electrons. The van der Waals surface area contributed by atoms with Gasteiger partial charge in [-0.1, -0.05) is 43.9 Å². The van der Waals surface area contributed by atoms with Gasteiger partial charge in [0.1, 0.15) is 16.6 Å². The van der Waals surface area contributed by atoms with Gasteiger partial charge < -0.3 is 15.6 Å². The highest BCUT2D eigenvalue weighted by molar-refractivity contribution is 6.70. The van der Waals surface area contributed by atoms with Crippen molar-refractivity contribution in [2.45, 2.75) is 66.3 Å². The maximum absolute atomic E-state index is 6.54. The van der Waals surface area contributed by atoms with Crippen LogP contribution in [0.4, 0.5) is 0 Å². The predicted molar refractivity (Wildman–Crippen MR) is 122 cm³/mol. The summed E-state index contributed by atoms with van der Waals surface area (Å²) in [7, 11) is 0. The topological polar surface area (TPSA) is 79.7 Å². The minimum Gasteiger partial charge on any atom is -0.397 e. The molecule has 0 saturated carbocycles. The predicted octanol–water partition coefficient (Wildman–Crippen LogP) is 4.19. The fourth-order valence-corrected chi connectivity index (χ4v) is 3.83. The molecule has 29 heavy (non-hydrogen) atoms. The summed E-state index contributed by atoms with van der Waals surface area (Å²) in [5, 5.41) is 8.29. The summed E-state index contributed by atoms with van der Waals surface area (Å²) in [5.41, 5.74) is 8.80. The maximum atomic E-state index is 6.54. The standard InChI is InChI=1S/C22H38ClN5O/c1-6-25-21(23)18(20(24)19-13-16(2)29-27-19)15-28-12-8-7-9-17(14-28)26-11-10-22(3,4)5/h13,17,26H,6-12,14-15,24H2,1-5H3/b20-18-,25-21?. The summed E-state index contributed by atoms with van der Waals surface area (Å²) in [6, 6.07) is 2.32. The minimum absolute atomic E-state index is 0.349. The highest BCUT2D eigenvalue weighted by atomic mass is 35.5. The summed E-state index contributed by atoms with van der Waals surface area (Å²) in [5.74, 6) is 0.726. The summed E-state index contributed by atoms with van der Waals surface area (Å²) in [6.07, 6.45) is 4.78. The van der Waals surface area contributed by atoms with E-state index in [1.165, 1.54) is 25.7 Å².